The van der Waals surface area contributed by atoms with Crippen molar-refractivity contribution >= 4 is 11.8 Å². The van der Waals surface area contributed by atoms with Crippen molar-refractivity contribution in [1.29, 1.82) is 0 Å². The Morgan fingerprint density at radius 3 is 2.12 bits per heavy atom. The molecule has 42 heavy (non-hydrogen) atoms. The van der Waals surface area contributed by atoms with Crippen LogP contribution in [0.15, 0.2) is 90.3 Å². The second-order valence-electron chi connectivity index (χ2n) is 10.4. The zero-order chi connectivity index (χ0) is 29.8. The van der Waals surface area contributed by atoms with Crippen molar-refractivity contribution in [2.75, 3.05) is 28.4 Å². The first kappa shape index (κ1) is 28.8. The lowest BCUT2D eigenvalue weighted by atomic mass is 9.69. The van der Waals surface area contributed by atoms with E-state index in [9.17, 15) is 9.59 Å². The van der Waals surface area contributed by atoms with Crippen LogP contribution in [-0.4, -0.2) is 40.2 Å². The van der Waals surface area contributed by atoms with Crippen LogP contribution in [0, 0.1) is 5.92 Å². The van der Waals surface area contributed by atoms with E-state index in [-0.39, 0.29) is 18.3 Å². The highest BCUT2D eigenvalue weighted by molar-refractivity contribution is 6.01. The van der Waals surface area contributed by atoms with Gasteiger partial charge >= 0.3 is 5.97 Å². The van der Waals surface area contributed by atoms with E-state index in [4.69, 9.17) is 23.7 Å². The van der Waals surface area contributed by atoms with E-state index in [1.165, 1.54) is 21.3 Å². The molecule has 0 bridgehead atoms. The van der Waals surface area contributed by atoms with Crippen LogP contribution >= 0.6 is 0 Å². The summed E-state index contributed by atoms with van der Waals surface area (Å²) in [5.74, 6) is -0.0737. The highest BCUT2D eigenvalue weighted by atomic mass is 16.5. The largest absolute Gasteiger partial charge is 0.497 e. The van der Waals surface area contributed by atoms with E-state index in [1.807, 2.05) is 54.6 Å². The Kier molecular flexibility index (Phi) is 8.52. The van der Waals surface area contributed by atoms with Gasteiger partial charge in [-0.25, -0.2) is 0 Å². The van der Waals surface area contributed by atoms with Gasteiger partial charge in [-0.15, -0.1) is 0 Å². The molecule has 218 valence electrons. The number of hydrogen-bond donors (Lipinski definition) is 1. The number of rotatable bonds is 9. The summed E-state index contributed by atoms with van der Waals surface area (Å²) >= 11 is 0. The van der Waals surface area contributed by atoms with Gasteiger partial charge in [0.05, 0.1) is 28.4 Å². The van der Waals surface area contributed by atoms with Crippen LogP contribution in [0.2, 0.25) is 0 Å². The second-order valence-corrected chi connectivity index (χ2v) is 10.4. The molecule has 1 aliphatic heterocycles. The molecule has 3 aromatic rings. The molecule has 0 amide bonds. The van der Waals surface area contributed by atoms with Gasteiger partial charge in [-0.1, -0.05) is 49.0 Å². The third kappa shape index (κ3) is 5.57. The van der Waals surface area contributed by atoms with Gasteiger partial charge in [0.2, 0.25) is 5.75 Å². The van der Waals surface area contributed by atoms with Crippen molar-refractivity contribution < 1.29 is 33.3 Å². The normalized spacial score (nSPS) is 19.9. The van der Waals surface area contributed by atoms with Crippen molar-refractivity contribution in [1.82, 2.24) is 5.32 Å². The zero-order valence-electron chi connectivity index (χ0n) is 24.3. The number of esters is 1. The molecule has 8 heteroatoms. The van der Waals surface area contributed by atoms with Gasteiger partial charge in [0.1, 0.15) is 18.3 Å². The summed E-state index contributed by atoms with van der Waals surface area (Å²) in [6.45, 7) is 4.34. The maximum atomic E-state index is 14.0. The van der Waals surface area contributed by atoms with E-state index < -0.39 is 17.8 Å². The Morgan fingerprint density at radius 1 is 0.857 bits per heavy atom. The number of hydrogen-bond acceptors (Lipinski definition) is 8. The quantitative estimate of drug-likeness (QED) is 0.329. The molecule has 0 radical (unpaired) electrons. The van der Waals surface area contributed by atoms with Crippen LogP contribution in [-0.2, 0) is 20.9 Å². The number of ketones is 1. The summed E-state index contributed by atoms with van der Waals surface area (Å²) in [4.78, 5) is 27.8. The van der Waals surface area contributed by atoms with Crippen LogP contribution in [0.4, 0.5) is 0 Å². The molecule has 0 aromatic heterocycles. The van der Waals surface area contributed by atoms with Gasteiger partial charge in [0, 0.05) is 29.3 Å². The molecule has 1 heterocycles. The maximum Gasteiger partial charge on any atom is 0.316 e. The molecular weight excluding hydrogens is 534 g/mol. The van der Waals surface area contributed by atoms with Crippen LogP contribution in [0.5, 0.6) is 23.0 Å². The smallest absolute Gasteiger partial charge is 0.316 e. The van der Waals surface area contributed by atoms with Crippen LogP contribution in [0.25, 0.3) is 0 Å². The first-order valence-corrected chi connectivity index (χ1v) is 13.7. The number of allylic oxidation sites excluding steroid dienone is 2. The minimum atomic E-state index is -0.864. The molecule has 1 aliphatic carbocycles. The van der Waals surface area contributed by atoms with E-state index in [0.717, 1.165) is 22.6 Å². The van der Waals surface area contributed by atoms with E-state index >= 15 is 0 Å². The number of ether oxygens (including phenoxy) is 5. The molecular formula is C34H35NO7. The summed E-state index contributed by atoms with van der Waals surface area (Å²) in [6, 6.07) is 20.8. The van der Waals surface area contributed by atoms with Crippen LogP contribution in [0.3, 0.4) is 0 Å². The predicted molar refractivity (Wildman–Crippen MR) is 158 cm³/mol. The summed E-state index contributed by atoms with van der Waals surface area (Å²) in [5, 5.41) is 3.33. The molecule has 8 nitrogen and oxygen atoms in total. The Labute approximate surface area is 245 Å². The molecule has 3 unspecified atom stereocenters. The lowest BCUT2D eigenvalue weighted by Gasteiger charge is -2.40. The van der Waals surface area contributed by atoms with Gasteiger partial charge in [-0.3, -0.25) is 9.59 Å². The molecule has 0 fully saturated rings. The van der Waals surface area contributed by atoms with E-state index in [0.29, 0.717) is 46.9 Å². The topological polar surface area (TPSA) is 92.3 Å². The summed E-state index contributed by atoms with van der Waals surface area (Å²) in [5.41, 5.74) is 4.33. The number of carbonyl (C=O) groups is 2. The molecule has 0 saturated carbocycles. The summed E-state index contributed by atoms with van der Waals surface area (Å²) < 4.78 is 27.9. The van der Waals surface area contributed by atoms with Crippen molar-refractivity contribution in [2.24, 2.45) is 5.92 Å². The van der Waals surface area contributed by atoms with Crippen molar-refractivity contribution in [2.45, 2.75) is 31.3 Å². The third-order valence-electron chi connectivity index (χ3n) is 7.95. The summed E-state index contributed by atoms with van der Waals surface area (Å²) in [6.07, 6.45) is 0.880. The Morgan fingerprint density at radius 2 is 1.52 bits per heavy atom. The zero-order valence-corrected chi connectivity index (χ0v) is 24.3. The Bertz CT molecular complexity index is 1490. The van der Waals surface area contributed by atoms with Gasteiger partial charge in [-0.2, -0.15) is 0 Å². The fourth-order valence-corrected chi connectivity index (χ4v) is 5.90. The van der Waals surface area contributed by atoms with Crippen LogP contribution < -0.4 is 24.3 Å². The number of methoxy groups -OCH3 is 4. The molecule has 5 rings (SSSR count). The minimum Gasteiger partial charge on any atom is -0.497 e. The fraction of sp³-hybridized carbons (Fsp3) is 0.294. The monoisotopic (exact) mass is 569 g/mol. The SMILES string of the molecule is C=C1NC2=C(C(=O)CC(c3ccc(OC)cc3)C2)C(c2cc(OC)c(OC)c(OC)c2)C1C(=O)OCc1ccccc1. The molecule has 0 spiro atoms. The molecule has 0 saturated heterocycles. The lowest BCUT2D eigenvalue weighted by molar-refractivity contribution is -0.149. The lowest BCUT2D eigenvalue weighted by Crippen LogP contribution is -2.42. The number of Topliss-reactive ketones (excluding diaryl/α,β-unsaturated/α-hetero) is 1. The average molecular weight is 570 g/mol. The van der Waals surface area contributed by atoms with Gasteiger partial charge in [0.15, 0.2) is 17.3 Å². The number of benzene rings is 3. The average Bonchev–Trinajstić information content (AvgIpc) is 3.02. The third-order valence-corrected chi connectivity index (χ3v) is 7.95. The van der Waals surface area contributed by atoms with Crippen molar-refractivity contribution in [3.63, 3.8) is 0 Å². The molecule has 3 aromatic carbocycles. The molecule has 2 aliphatic rings. The minimum absolute atomic E-state index is 0.0374. The maximum absolute atomic E-state index is 14.0. The number of carbonyl (C=O) groups excluding carboxylic acids is 2. The summed E-state index contributed by atoms with van der Waals surface area (Å²) in [7, 11) is 6.22. The first-order valence-electron chi connectivity index (χ1n) is 13.7. The molecule has 1 N–H and O–H groups in total. The highest BCUT2D eigenvalue weighted by Gasteiger charge is 2.46. The van der Waals surface area contributed by atoms with Gasteiger partial charge in [-0.05, 0) is 53.3 Å². The standard InChI is InChI=1S/C34H35NO7/c1-20-30(34(37)42-19-21-9-7-6-8-10-21)31(24-17-28(39-3)33(41-5)29(18-24)40-4)32-26(35-20)15-23(16-27(32)36)22-11-13-25(38-2)14-12-22/h6-14,17-18,23,30-31,35H,1,15-16,19H2,2-5H3. The van der Waals surface area contributed by atoms with Crippen molar-refractivity contribution in [3.8, 4) is 23.0 Å². The van der Waals surface area contributed by atoms with Crippen LogP contribution in [0.1, 0.15) is 41.4 Å². The van der Waals surface area contributed by atoms with Crippen molar-refractivity contribution in [3.05, 3.63) is 107 Å². The highest BCUT2D eigenvalue weighted by Crippen LogP contribution is 2.50. The Balaban J connectivity index is 1.58. The van der Waals surface area contributed by atoms with Gasteiger partial charge in [0.25, 0.3) is 0 Å². The number of nitrogens with one attached hydrogen (secondary N) is 1. The second kappa shape index (κ2) is 12.4. The van der Waals surface area contributed by atoms with E-state index in [1.54, 1.807) is 19.2 Å². The molecule has 3 atom stereocenters. The fourth-order valence-electron chi connectivity index (χ4n) is 5.90. The predicted octanol–water partition coefficient (Wildman–Crippen LogP) is 5.68. The van der Waals surface area contributed by atoms with Gasteiger partial charge < -0.3 is 29.0 Å². The van der Waals surface area contributed by atoms with E-state index in [2.05, 4.69) is 11.9 Å². The first-order chi connectivity index (χ1) is 20.4. The Hall–Kier alpha value is -4.72.